The van der Waals surface area contributed by atoms with Gasteiger partial charge in [-0.15, -0.1) is 0 Å². The van der Waals surface area contributed by atoms with Gasteiger partial charge < -0.3 is 10.2 Å². The van der Waals surface area contributed by atoms with Gasteiger partial charge in [0, 0.05) is 18.8 Å². The van der Waals surface area contributed by atoms with Gasteiger partial charge in [-0.1, -0.05) is 0 Å². The lowest BCUT2D eigenvalue weighted by atomic mass is 10.2. The zero-order valence-corrected chi connectivity index (χ0v) is 12.9. The molecule has 0 aliphatic heterocycles. The highest BCUT2D eigenvalue weighted by molar-refractivity contribution is 9.10. The maximum atomic E-state index is 12.3. The maximum Gasteiger partial charge on any atom is 0.257 e. The Bertz CT molecular complexity index is 463. The van der Waals surface area contributed by atoms with Crippen molar-refractivity contribution in [3.05, 3.63) is 28.5 Å². The van der Waals surface area contributed by atoms with E-state index in [0.29, 0.717) is 16.7 Å². The van der Waals surface area contributed by atoms with E-state index in [1.165, 1.54) is 4.90 Å². The average molecular weight is 328 g/mol. The number of rotatable bonds is 5. The van der Waals surface area contributed by atoms with Crippen LogP contribution in [0.5, 0.6) is 0 Å². The van der Waals surface area contributed by atoms with Gasteiger partial charge in [0.15, 0.2) is 0 Å². The summed E-state index contributed by atoms with van der Waals surface area (Å²) < 4.78 is 0.489. The fraction of sp³-hybridized carbons (Fsp3) is 0.462. The smallest absolute Gasteiger partial charge is 0.257 e. The number of aromatic nitrogens is 1. The van der Waals surface area contributed by atoms with Crippen molar-refractivity contribution in [2.75, 3.05) is 13.1 Å². The molecule has 6 heteroatoms. The summed E-state index contributed by atoms with van der Waals surface area (Å²) in [5.41, 5.74) is 0.460. The van der Waals surface area contributed by atoms with Gasteiger partial charge in [0.1, 0.15) is 4.60 Å². The lowest BCUT2D eigenvalue weighted by Crippen LogP contribution is -2.42. The molecule has 0 saturated carbocycles. The first-order chi connectivity index (χ1) is 8.95. The molecule has 0 fully saturated rings. The highest BCUT2D eigenvalue weighted by atomic mass is 79.9. The van der Waals surface area contributed by atoms with Gasteiger partial charge in [-0.3, -0.25) is 9.59 Å². The van der Waals surface area contributed by atoms with Crippen molar-refractivity contribution in [2.24, 2.45) is 0 Å². The predicted octanol–water partition coefficient (Wildman–Crippen LogP) is 1.83. The topological polar surface area (TPSA) is 62.3 Å². The van der Waals surface area contributed by atoms with Gasteiger partial charge in [-0.05, 0) is 48.8 Å². The van der Waals surface area contributed by atoms with Gasteiger partial charge >= 0.3 is 0 Å². The average Bonchev–Trinajstić information content (AvgIpc) is 2.35. The predicted molar refractivity (Wildman–Crippen MR) is 76.8 cm³/mol. The molecule has 0 atom stereocenters. The van der Waals surface area contributed by atoms with Gasteiger partial charge in [0.05, 0.1) is 12.1 Å². The van der Waals surface area contributed by atoms with Crippen LogP contribution in [0.2, 0.25) is 0 Å². The van der Waals surface area contributed by atoms with Gasteiger partial charge in [-0.2, -0.15) is 0 Å². The Kier molecular flexibility index (Phi) is 5.95. The lowest BCUT2D eigenvalue weighted by Gasteiger charge is -2.21. The molecule has 0 aromatic carbocycles. The molecule has 0 aliphatic carbocycles. The Morgan fingerprint density at radius 1 is 1.47 bits per heavy atom. The van der Waals surface area contributed by atoms with E-state index in [1.54, 1.807) is 18.3 Å². The molecule has 104 valence electrons. The highest BCUT2D eigenvalue weighted by Crippen LogP contribution is 2.14. The van der Waals surface area contributed by atoms with Crippen LogP contribution in [0.25, 0.3) is 0 Å². The van der Waals surface area contributed by atoms with Crippen LogP contribution < -0.4 is 5.32 Å². The summed E-state index contributed by atoms with van der Waals surface area (Å²) in [5, 5.41) is 2.77. The number of carbonyl (C=O) groups is 2. The molecule has 0 spiro atoms. The second-order valence-corrected chi connectivity index (χ2v) is 5.13. The molecule has 0 saturated heterocycles. The Labute approximate surface area is 121 Å². The van der Waals surface area contributed by atoms with Crippen LogP contribution in [0.15, 0.2) is 22.9 Å². The minimum absolute atomic E-state index is 0.0504. The molecule has 1 aromatic rings. The van der Waals surface area contributed by atoms with Crippen LogP contribution >= 0.6 is 15.9 Å². The lowest BCUT2D eigenvalue weighted by molar-refractivity contribution is -0.122. The zero-order chi connectivity index (χ0) is 14.4. The van der Waals surface area contributed by atoms with Gasteiger partial charge in [0.2, 0.25) is 5.91 Å². The molecule has 0 aliphatic rings. The summed E-state index contributed by atoms with van der Waals surface area (Å²) in [6.45, 7) is 6.12. The molecule has 5 nitrogen and oxygen atoms in total. The van der Waals surface area contributed by atoms with E-state index >= 15 is 0 Å². The van der Waals surface area contributed by atoms with Crippen molar-refractivity contribution in [1.82, 2.24) is 15.2 Å². The number of nitrogens with zero attached hydrogens (tertiary/aromatic N) is 2. The number of amides is 2. The van der Waals surface area contributed by atoms with Crippen LogP contribution in [-0.2, 0) is 4.79 Å². The largest absolute Gasteiger partial charge is 0.352 e. The second kappa shape index (κ2) is 7.23. The third kappa shape index (κ3) is 4.63. The quantitative estimate of drug-likeness (QED) is 0.839. The Hall–Kier alpha value is -1.43. The maximum absolute atomic E-state index is 12.3. The molecule has 1 heterocycles. The van der Waals surface area contributed by atoms with Crippen molar-refractivity contribution in [1.29, 1.82) is 0 Å². The van der Waals surface area contributed by atoms with E-state index in [1.807, 2.05) is 20.8 Å². The van der Waals surface area contributed by atoms with E-state index in [4.69, 9.17) is 0 Å². The zero-order valence-electron chi connectivity index (χ0n) is 11.3. The molecule has 0 bridgehead atoms. The number of nitrogens with one attached hydrogen (secondary N) is 1. The van der Waals surface area contributed by atoms with E-state index in [9.17, 15) is 9.59 Å². The van der Waals surface area contributed by atoms with Crippen LogP contribution in [0.3, 0.4) is 0 Å². The fourth-order valence-electron chi connectivity index (χ4n) is 1.58. The van der Waals surface area contributed by atoms with Crippen molar-refractivity contribution in [3.8, 4) is 0 Å². The monoisotopic (exact) mass is 327 g/mol. The Morgan fingerprint density at radius 3 is 2.68 bits per heavy atom. The van der Waals surface area contributed by atoms with Crippen LogP contribution in [0.1, 0.15) is 31.1 Å². The third-order valence-corrected chi connectivity index (χ3v) is 3.07. The molecule has 19 heavy (non-hydrogen) atoms. The summed E-state index contributed by atoms with van der Waals surface area (Å²) in [5.74, 6) is -0.369. The highest BCUT2D eigenvalue weighted by Gasteiger charge is 2.19. The summed E-state index contributed by atoms with van der Waals surface area (Å²) >= 11 is 3.24. The fourth-order valence-corrected chi connectivity index (χ4v) is 2.00. The number of likely N-dealkylation sites (N-methyl/N-ethyl adjacent to an activating group) is 1. The summed E-state index contributed by atoms with van der Waals surface area (Å²) in [6.07, 6.45) is 1.60. The first-order valence-corrected chi connectivity index (χ1v) is 6.94. The van der Waals surface area contributed by atoms with Gasteiger partial charge in [-0.25, -0.2) is 4.98 Å². The molecule has 1 N–H and O–H groups in total. The number of pyridine rings is 1. The Morgan fingerprint density at radius 2 is 2.16 bits per heavy atom. The van der Waals surface area contributed by atoms with Crippen LogP contribution in [0, 0.1) is 0 Å². The van der Waals surface area contributed by atoms with E-state index in [2.05, 4.69) is 26.2 Å². The van der Waals surface area contributed by atoms with E-state index in [0.717, 1.165) is 0 Å². The van der Waals surface area contributed by atoms with Crippen LogP contribution in [-0.4, -0.2) is 40.8 Å². The van der Waals surface area contributed by atoms with Crippen molar-refractivity contribution in [3.63, 3.8) is 0 Å². The Balaban J connectivity index is 2.78. The second-order valence-electron chi connectivity index (χ2n) is 4.38. The van der Waals surface area contributed by atoms with Crippen molar-refractivity contribution < 1.29 is 9.59 Å². The van der Waals surface area contributed by atoms with Crippen molar-refractivity contribution in [2.45, 2.75) is 26.8 Å². The molecule has 0 radical (unpaired) electrons. The van der Waals surface area contributed by atoms with Crippen molar-refractivity contribution >= 4 is 27.7 Å². The summed E-state index contributed by atoms with van der Waals surface area (Å²) in [6, 6.07) is 3.44. The molecule has 0 unspecified atom stereocenters. The minimum Gasteiger partial charge on any atom is -0.352 e. The number of carbonyl (C=O) groups excluding carboxylic acids is 2. The van der Waals surface area contributed by atoms with E-state index < -0.39 is 0 Å². The molecular weight excluding hydrogens is 310 g/mol. The van der Waals surface area contributed by atoms with Gasteiger partial charge in [0.25, 0.3) is 5.91 Å². The molecule has 1 aromatic heterocycles. The first-order valence-electron chi connectivity index (χ1n) is 6.14. The molecular formula is C13H18BrN3O2. The third-order valence-electron chi connectivity index (χ3n) is 2.44. The van der Waals surface area contributed by atoms with Crippen LogP contribution in [0.4, 0.5) is 0 Å². The first kappa shape index (κ1) is 15.6. The summed E-state index contributed by atoms with van der Waals surface area (Å²) in [4.78, 5) is 29.5. The SMILES string of the molecule is CCN(CC(=O)NC(C)C)C(=O)c1cccnc1Br. The normalized spacial score (nSPS) is 10.4. The summed E-state index contributed by atoms with van der Waals surface area (Å²) in [7, 11) is 0. The van der Waals surface area contributed by atoms with E-state index in [-0.39, 0.29) is 24.4 Å². The number of hydrogen-bond donors (Lipinski definition) is 1. The molecule has 2 amide bonds. The number of halogens is 1. The molecule has 1 rings (SSSR count). The number of hydrogen-bond acceptors (Lipinski definition) is 3. The standard InChI is InChI=1S/C13H18BrN3O2/c1-4-17(8-11(18)16-9(2)3)13(19)10-6-5-7-15-12(10)14/h5-7,9H,4,8H2,1-3H3,(H,16,18). The minimum atomic E-state index is -0.207.